The molecule has 25 heavy (non-hydrogen) atoms. The molecule has 1 atom stereocenters. The predicted octanol–water partition coefficient (Wildman–Crippen LogP) is 1.31. The van der Waals surface area contributed by atoms with Crippen molar-refractivity contribution in [3.05, 3.63) is 54.4 Å². The van der Waals surface area contributed by atoms with Gasteiger partial charge in [-0.05, 0) is 30.3 Å². The Balaban J connectivity index is 2.10. The second kappa shape index (κ2) is 6.02. The predicted molar refractivity (Wildman–Crippen MR) is 85.5 cm³/mol. The molecule has 2 aromatic carbocycles. The van der Waals surface area contributed by atoms with E-state index in [1.165, 1.54) is 30.3 Å². The van der Waals surface area contributed by atoms with Crippen molar-refractivity contribution in [1.29, 1.82) is 0 Å². The monoisotopic (exact) mass is 360 g/mol. The van der Waals surface area contributed by atoms with Crippen molar-refractivity contribution >= 4 is 32.8 Å². The Morgan fingerprint density at radius 2 is 1.76 bits per heavy atom. The number of carbonyl (C=O) groups excluding carboxylic acids is 1. The van der Waals surface area contributed by atoms with Crippen LogP contribution >= 0.6 is 0 Å². The highest BCUT2D eigenvalue weighted by atomic mass is 32.2. The number of hydrogen-bond donors (Lipinski definition) is 2. The lowest BCUT2D eigenvalue weighted by Gasteiger charge is -2.03. The molecule has 0 radical (unpaired) electrons. The van der Waals surface area contributed by atoms with E-state index >= 15 is 0 Å². The summed E-state index contributed by atoms with van der Waals surface area (Å²) in [4.78, 5) is 26.4. The van der Waals surface area contributed by atoms with E-state index in [4.69, 9.17) is 15.3 Å². The number of carboxylic acids is 1. The third-order valence-electron chi connectivity index (χ3n) is 3.52. The van der Waals surface area contributed by atoms with Gasteiger partial charge >= 0.3 is 5.97 Å². The van der Waals surface area contributed by atoms with E-state index in [0.29, 0.717) is 0 Å². The first-order valence-corrected chi connectivity index (χ1v) is 8.52. The maximum atomic E-state index is 12.6. The molecule has 128 valence electrons. The van der Waals surface area contributed by atoms with Crippen LogP contribution in [0.5, 0.6) is 0 Å². The molecule has 0 fully saturated rings. The van der Waals surface area contributed by atoms with Gasteiger partial charge in [-0.2, -0.15) is 0 Å². The lowest BCUT2D eigenvalue weighted by molar-refractivity contribution is -0.142. The molecule has 0 aliphatic carbocycles. The van der Waals surface area contributed by atoms with Gasteiger partial charge in [0.05, 0.1) is 9.79 Å². The summed E-state index contributed by atoms with van der Waals surface area (Å²) in [6, 6.07) is 11.7. The zero-order valence-corrected chi connectivity index (χ0v) is 13.4. The number of amides is 1. The number of benzene rings is 2. The van der Waals surface area contributed by atoms with Crippen LogP contribution in [0.3, 0.4) is 0 Å². The van der Waals surface area contributed by atoms with E-state index in [1.54, 1.807) is 18.2 Å². The first-order chi connectivity index (χ1) is 11.8. The number of oxazole rings is 1. The van der Waals surface area contributed by atoms with Crippen molar-refractivity contribution in [2.75, 3.05) is 0 Å². The number of aliphatic carboxylic acids is 1. The van der Waals surface area contributed by atoms with Crippen LogP contribution in [0.25, 0.3) is 11.1 Å². The number of carboxylic acid groups (broad SMARTS) is 1. The molecule has 0 bridgehead atoms. The normalized spacial score (nSPS) is 12.8. The first-order valence-electron chi connectivity index (χ1n) is 7.03. The van der Waals surface area contributed by atoms with E-state index in [2.05, 4.69) is 4.98 Å². The van der Waals surface area contributed by atoms with Crippen molar-refractivity contribution in [2.24, 2.45) is 5.73 Å². The molecule has 0 spiro atoms. The highest BCUT2D eigenvalue weighted by molar-refractivity contribution is 7.91. The molecule has 0 aliphatic rings. The Morgan fingerprint density at radius 1 is 1.08 bits per heavy atom. The summed E-state index contributed by atoms with van der Waals surface area (Å²) < 4.78 is 30.5. The van der Waals surface area contributed by atoms with Crippen LogP contribution in [0.2, 0.25) is 0 Å². The molecular weight excluding hydrogens is 348 g/mol. The van der Waals surface area contributed by atoms with E-state index in [1.807, 2.05) is 0 Å². The summed E-state index contributed by atoms with van der Waals surface area (Å²) in [6.07, 6.45) is 0. The number of hydrogen-bond acceptors (Lipinski definition) is 6. The van der Waals surface area contributed by atoms with Crippen molar-refractivity contribution < 1.29 is 27.5 Å². The third-order valence-corrected chi connectivity index (χ3v) is 5.29. The number of nitrogens with two attached hydrogens (primary N) is 1. The van der Waals surface area contributed by atoms with Crippen LogP contribution < -0.4 is 5.73 Å². The Morgan fingerprint density at radius 3 is 2.36 bits per heavy atom. The lowest BCUT2D eigenvalue weighted by atomic mass is 10.1. The van der Waals surface area contributed by atoms with Crippen molar-refractivity contribution in [1.82, 2.24) is 4.98 Å². The minimum atomic E-state index is -3.76. The number of primary amides is 1. The number of rotatable bonds is 5. The molecule has 3 aromatic rings. The lowest BCUT2D eigenvalue weighted by Crippen LogP contribution is -2.28. The largest absolute Gasteiger partial charge is 0.480 e. The van der Waals surface area contributed by atoms with Crippen LogP contribution in [0.4, 0.5) is 0 Å². The van der Waals surface area contributed by atoms with Crippen LogP contribution in [-0.2, 0) is 19.4 Å². The molecule has 3 N–H and O–H groups in total. The highest BCUT2D eigenvalue weighted by Crippen LogP contribution is 2.27. The number of fused-ring (bicyclic) bond motifs is 1. The van der Waals surface area contributed by atoms with Gasteiger partial charge in [-0.1, -0.05) is 18.2 Å². The van der Waals surface area contributed by atoms with Crippen molar-refractivity contribution in [2.45, 2.75) is 15.7 Å². The second-order valence-corrected chi connectivity index (χ2v) is 7.12. The molecule has 8 nitrogen and oxygen atoms in total. The number of aromatic nitrogens is 1. The number of sulfone groups is 1. The average molecular weight is 360 g/mol. The van der Waals surface area contributed by atoms with Crippen LogP contribution in [-0.4, -0.2) is 30.4 Å². The van der Waals surface area contributed by atoms with Crippen LogP contribution in [0.15, 0.2) is 62.7 Å². The fourth-order valence-corrected chi connectivity index (χ4v) is 3.60. The van der Waals surface area contributed by atoms with E-state index in [9.17, 15) is 18.0 Å². The summed E-state index contributed by atoms with van der Waals surface area (Å²) in [7, 11) is -3.76. The van der Waals surface area contributed by atoms with Crippen molar-refractivity contribution in [3.63, 3.8) is 0 Å². The summed E-state index contributed by atoms with van der Waals surface area (Å²) in [5, 5.41) is 9.06. The number of nitrogens with zero attached hydrogens (tertiary/aromatic N) is 1. The van der Waals surface area contributed by atoms with E-state index in [-0.39, 0.29) is 20.9 Å². The smallest absolute Gasteiger partial charge is 0.325 e. The summed E-state index contributed by atoms with van der Waals surface area (Å²) in [5.74, 6) is -4.78. The summed E-state index contributed by atoms with van der Waals surface area (Å²) in [5.41, 5.74) is 5.31. The fourth-order valence-electron chi connectivity index (χ4n) is 2.30. The Hall–Kier alpha value is -3.20. The molecule has 3 rings (SSSR count). The van der Waals surface area contributed by atoms with Gasteiger partial charge in [0.1, 0.15) is 5.52 Å². The second-order valence-electron chi connectivity index (χ2n) is 5.17. The van der Waals surface area contributed by atoms with Crippen molar-refractivity contribution in [3.8, 4) is 0 Å². The molecule has 1 aromatic heterocycles. The quantitative estimate of drug-likeness (QED) is 0.654. The third kappa shape index (κ3) is 2.96. The van der Waals surface area contributed by atoms with Gasteiger partial charge in [0.15, 0.2) is 5.58 Å². The summed E-state index contributed by atoms with van der Waals surface area (Å²) in [6.45, 7) is 0. The van der Waals surface area contributed by atoms with Gasteiger partial charge in [-0.15, -0.1) is 0 Å². The minimum absolute atomic E-state index is 0.0306. The van der Waals surface area contributed by atoms with E-state index in [0.717, 1.165) is 0 Å². The van der Waals surface area contributed by atoms with Gasteiger partial charge in [0.2, 0.25) is 27.6 Å². The minimum Gasteiger partial charge on any atom is -0.480 e. The Bertz CT molecular complexity index is 1060. The Kier molecular flexibility index (Phi) is 4.01. The molecule has 9 heteroatoms. The van der Waals surface area contributed by atoms with Gasteiger partial charge in [-0.25, -0.2) is 13.4 Å². The van der Waals surface area contributed by atoms with Gasteiger partial charge < -0.3 is 15.3 Å². The Labute approximate surface area is 141 Å². The zero-order valence-electron chi connectivity index (χ0n) is 12.6. The van der Waals surface area contributed by atoms with Gasteiger partial charge in [0, 0.05) is 0 Å². The SMILES string of the molecule is NC(=O)C(C(=O)O)c1nc2cc(S(=O)(=O)c3ccccc3)ccc2o1. The fraction of sp³-hybridized carbons (Fsp3) is 0.0625. The van der Waals surface area contributed by atoms with Gasteiger partial charge in [0.25, 0.3) is 0 Å². The van der Waals surface area contributed by atoms with Crippen LogP contribution in [0.1, 0.15) is 11.8 Å². The maximum absolute atomic E-state index is 12.6. The molecule has 1 unspecified atom stereocenters. The van der Waals surface area contributed by atoms with Crippen LogP contribution in [0, 0.1) is 0 Å². The topological polar surface area (TPSA) is 141 Å². The maximum Gasteiger partial charge on any atom is 0.325 e. The highest BCUT2D eigenvalue weighted by Gasteiger charge is 2.31. The first kappa shape index (κ1) is 16.7. The van der Waals surface area contributed by atoms with E-state index < -0.39 is 33.5 Å². The molecule has 1 heterocycles. The molecule has 0 aliphatic heterocycles. The average Bonchev–Trinajstić information content (AvgIpc) is 2.97. The molecule has 0 saturated carbocycles. The van der Waals surface area contributed by atoms with Gasteiger partial charge in [-0.3, -0.25) is 9.59 Å². The summed E-state index contributed by atoms with van der Waals surface area (Å²) >= 11 is 0. The number of carbonyl (C=O) groups is 2. The standard InChI is InChI=1S/C16H12N2O6S/c17-14(19)13(16(20)21)15-18-11-8-10(6-7-12(11)24-15)25(22,23)9-4-2-1-3-5-9/h1-8,13H,(H2,17,19)(H,20,21). The molecule has 1 amide bonds. The molecular formula is C16H12N2O6S. The zero-order chi connectivity index (χ0) is 18.2. The molecule has 0 saturated heterocycles.